The molecule has 15 nitrogen and oxygen atoms in total. The predicted molar refractivity (Wildman–Crippen MR) is 102 cm³/mol. The molecule has 0 atom stereocenters. The van der Waals surface area contributed by atoms with E-state index in [2.05, 4.69) is 10.6 Å². The first-order valence-corrected chi connectivity index (χ1v) is 9.00. The van der Waals surface area contributed by atoms with Gasteiger partial charge in [0.25, 0.3) is 0 Å². The van der Waals surface area contributed by atoms with Crippen LogP contribution >= 0.6 is 0 Å². The van der Waals surface area contributed by atoms with E-state index in [1.54, 1.807) is 6.92 Å². The molecule has 0 unspecified atom stereocenters. The quantitative estimate of drug-likeness (QED) is 0.118. The SMILES string of the molecule is CCN(CC(=O)NCN(CC(=O)O)CC(=O)O)CC(=O)NCN(CC(=O)O)CC(=O)O. The first-order valence-electron chi connectivity index (χ1n) is 9.00. The van der Waals surface area contributed by atoms with Gasteiger partial charge in [0.2, 0.25) is 11.8 Å². The molecule has 0 aromatic carbocycles. The lowest BCUT2D eigenvalue weighted by molar-refractivity contribution is -0.144. The van der Waals surface area contributed by atoms with Crippen LogP contribution in [0.5, 0.6) is 0 Å². The maximum Gasteiger partial charge on any atom is 0.317 e. The van der Waals surface area contributed by atoms with Gasteiger partial charge in [-0.1, -0.05) is 6.92 Å². The van der Waals surface area contributed by atoms with Crippen LogP contribution < -0.4 is 10.6 Å². The van der Waals surface area contributed by atoms with Gasteiger partial charge in [0, 0.05) is 0 Å². The Hall–Kier alpha value is -3.30. The van der Waals surface area contributed by atoms with Gasteiger partial charge in [0.15, 0.2) is 0 Å². The third kappa shape index (κ3) is 15.2. The molecule has 0 aliphatic carbocycles. The summed E-state index contributed by atoms with van der Waals surface area (Å²) < 4.78 is 0. The Labute approximate surface area is 177 Å². The number of carboxylic acid groups (broad SMARTS) is 4. The number of hydrogen-bond donors (Lipinski definition) is 6. The minimum atomic E-state index is -1.26. The summed E-state index contributed by atoms with van der Waals surface area (Å²) >= 11 is 0. The van der Waals surface area contributed by atoms with Gasteiger partial charge in [-0.3, -0.25) is 43.5 Å². The average molecular weight is 449 g/mol. The minimum absolute atomic E-state index is 0.244. The summed E-state index contributed by atoms with van der Waals surface area (Å²) in [6.45, 7) is -1.53. The topological polar surface area (TPSA) is 217 Å². The fourth-order valence-corrected chi connectivity index (χ4v) is 2.30. The van der Waals surface area contributed by atoms with Gasteiger partial charge < -0.3 is 31.1 Å². The zero-order valence-corrected chi connectivity index (χ0v) is 16.9. The largest absolute Gasteiger partial charge is 0.480 e. The van der Waals surface area contributed by atoms with Crippen molar-refractivity contribution in [3.8, 4) is 0 Å². The lowest BCUT2D eigenvalue weighted by Crippen LogP contribution is -2.48. The molecular formula is C16H27N5O10. The van der Waals surface area contributed by atoms with Crippen LogP contribution in [0.3, 0.4) is 0 Å². The standard InChI is InChI=1S/C16H27N5O10/c1-2-19(3-11(22)17-9-20(5-13(24)25)6-14(26)27)4-12(23)18-10-21(7-15(28)29)8-16(30)31/h2-10H2,1H3,(H,17,22)(H,18,23)(H,24,25)(H,26,27)(H,28,29)(H,30,31). The molecule has 6 N–H and O–H groups in total. The Morgan fingerprint density at radius 3 is 1.06 bits per heavy atom. The number of carbonyl (C=O) groups is 6. The second kappa shape index (κ2) is 14.6. The van der Waals surface area contributed by atoms with Crippen LogP contribution in [0, 0.1) is 0 Å². The van der Waals surface area contributed by atoms with Crippen molar-refractivity contribution in [2.75, 3.05) is 59.2 Å². The van der Waals surface area contributed by atoms with E-state index in [1.807, 2.05) is 0 Å². The van der Waals surface area contributed by atoms with Crippen molar-refractivity contribution in [1.82, 2.24) is 25.3 Å². The zero-order valence-electron chi connectivity index (χ0n) is 16.9. The number of carboxylic acids is 4. The number of hydrogen-bond acceptors (Lipinski definition) is 9. The number of nitrogens with zero attached hydrogens (tertiary/aromatic N) is 3. The third-order valence-electron chi connectivity index (χ3n) is 3.62. The molecule has 176 valence electrons. The number of amides is 2. The molecular weight excluding hydrogens is 422 g/mol. The molecule has 0 saturated carbocycles. The van der Waals surface area contributed by atoms with Crippen molar-refractivity contribution >= 4 is 35.7 Å². The molecule has 0 rings (SSSR count). The van der Waals surface area contributed by atoms with E-state index in [9.17, 15) is 28.8 Å². The first-order chi connectivity index (χ1) is 14.4. The molecule has 0 radical (unpaired) electrons. The van der Waals surface area contributed by atoms with E-state index >= 15 is 0 Å². The molecule has 31 heavy (non-hydrogen) atoms. The normalized spacial score (nSPS) is 10.8. The summed E-state index contributed by atoms with van der Waals surface area (Å²) in [7, 11) is 0. The smallest absolute Gasteiger partial charge is 0.317 e. The first kappa shape index (κ1) is 27.7. The molecule has 15 heteroatoms. The third-order valence-corrected chi connectivity index (χ3v) is 3.62. The zero-order chi connectivity index (χ0) is 24.0. The maximum absolute atomic E-state index is 12.0. The van der Waals surface area contributed by atoms with Gasteiger partial charge in [-0.2, -0.15) is 0 Å². The van der Waals surface area contributed by atoms with Crippen molar-refractivity contribution in [3.63, 3.8) is 0 Å². The van der Waals surface area contributed by atoms with Crippen LogP contribution in [0.1, 0.15) is 6.92 Å². The van der Waals surface area contributed by atoms with Crippen LogP contribution in [-0.2, 0) is 28.8 Å². The second-order valence-corrected chi connectivity index (χ2v) is 6.37. The van der Waals surface area contributed by atoms with Crippen LogP contribution in [0.4, 0.5) is 0 Å². The molecule has 0 aliphatic heterocycles. The minimum Gasteiger partial charge on any atom is -0.480 e. The van der Waals surface area contributed by atoms with E-state index < -0.39 is 61.9 Å². The van der Waals surface area contributed by atoms with E-state index in [4.69, 9.17) is 20.4 Å². The van der Waals surface area contributed by atoms with Gasteiger partial charge >= 0.3 is 23.9 Å². The summed E-state index contributed by atoms with van der Waals surface area (Å²) in [6.07, 6.45) is 0. The Morgan fingerprint density at radius 2 is 0.839 bits per heavy atom. The van der Waals surface area contributed by atoms with Crippen molar-refractivity contribution < 1.29 is 49.2 Å². The fraction of sp³-hybridized carbons (Fsp3) is 0.625. The molecule has 0 fully saturated rings. The van der Waals surface area contributed by atoms with Crippen molar-refractivity contribution in [2.45, 2.75) is 6.92 Å². The van der Waals surface area contributed by atoms with Crippen LogP contribution in [-0.4, -0.2) is 130 Å². The van der Waals surface area contributed by atoms with E-state index in [0.717, 1.165) is 9.80 Å². The number of likely N-dealkylation sites (N-methyl/N-ethyl adjacent to an activating group) is 1. The number of rotatable bonds is 17. The summed E-state index contributed by atoms with van der Waals surface area (Å²) in [4.78, 5) is 70.4. The van der Waals surface area contributed by atoms with Gasteiger partial charge in [0.1, 0.15) is 0 Å². The Morgan fingerprint density at radius 1 is 0.548 bits per heavy atom. The number of carbonyl (C=O) groups excluding carboxylic acids is 2. The molecule has 0 aromatic rings. The Bertz CT molecular complexity index is 585. The van der Waals surface area contributed by atoms with Crippen molar-refractivity contribution in [3.05, 3.63) is 0 Å². The van der Waals surface area contributed by atoms with Gasteiger partial charge in [-0.25, -0.2) is 0 Å². The molecule has 0 aliphatic rings. The van der Waals surface area contributed by atoms with Gasteiger partial charge in [-0.05, 0) is 6.54 Å². The van der Waals surface area contributed by atoms with Crippen LogP contribution in [0.15, 0.2) is 0 Å². The molecule has 0 bridgehead atoms. The number of aliphatic carboxylic acids is 4. The monoisotopic (exact) mass is 449 g/mol. The lowest BCUT2D eigenvalue weighted by atomic mass is 10.4. The second-order valence-electron chi connectivity index (χ2n) is 6.37. The molecule has 2 amide bonds. The summed E-state index contributed by atoms with van der Waals surface area (Å²) in [5.41, 5.74) is 0. The number of nitrogens with one attached hydrogen (secondary N) is 2. The van der Waals surface area contributed by atoms with Crippen LogP contribution in [0.2, 0.25) is 0 Å². The van der Waals surface area contributed by atoms with Gasteiger partial charge in [0.05, 0.1) is 52.6 Å². The predicted octanol–water partition coefficient (Wildman–Crippen LogP) is -3.60. The highest BCUT2D eigenvalue weighted by Gasteiger charge is 2.18. The van der Waals surface area contributed by atoms with E-state index in [1.165, 1.54) is 4.90 Å². The highest BCUT2D eigenvalue weighted by Crippen LogP contribution is 1.91. The van der Waals surface area contributed by atoms with Crippen molar-refractivity contribution in [1.29, 1.82) is 0 Å². The Kier molecular flexibility index (Phi) is 13.1. The van der Waals surface area contributed by atoms with E-state index in [-0.39, 0.29) is 33.0 Å². The highest BCUT2D eigenvalue weighted by atomic mass is 16.4. The van der Waals surface area contributed by atoms with Crippen molar-refractivity contribution in [2.24, 2.45) is 0 Å². The lowest BCUT2D eigenvalue weighted by Gasteiger charge is -2.23. The fourth-order valence-electron chi connectivity index (χ4n) is 2.30. The Balaban J connectivity index is 4.57. The molecule has 0 spiro atoms. The maximum atomic E-state index is 12.0. The van der Waals surface area contributed by atoms with Crippen LogP contribution in [0.25, 0.3) is 0 Å². The summed E-state index contributed by atoms with van der Waals surface area (Å²) in [5, 5.41) is 39.8. The molecule has 0 saturated heterocycles. The van der Waals surface area contributed by atoms with Gasteiger partial charge in [-0.15, -0.1) is 0 Å². The van der Waals surface area contributed by atoms with E-state index in [0.29, 0.717) is 0 Å². The summed E-state index contributed by atoms with van der Waals surface area (Å²) in [5.74, 6) is -6.20. The average Bonchev–Trinajstić information content (AvgIpc) is 2.61. The molecule has 0 aromatic heterocycles. The summed E-state index contributed by atoms with van der Waals surface area (Å²) in [6, 6.07) is 0. The highest BCUT2D eigenvalue weighted by molar-refractivity contribution is 5.81. The molecule has 0 heterocycles.